The Hall–Kier alpha value is -2.92. The molecule has 4 nitrogen and oxygen atoms in total. The lowest BCUT2D eigenvalue weighted by molar-refractivity contribution is 0.305. The smallest absolute Gasteiger partial charge is 0.259 e. The number of unbranched alkanes of at least 4 members (excludes halogenated alkanes) is 3. The van der Waals surface area contributed by atoms with Gasteiger partial charge in [0.2, 0.25) is 5.82 Å². The SMILES string of the molecule is CCCCCCOc1ccc(-c2ccc(-c3noc(-c4ccccc4Br)n3)cc2)cc1. The molecule has 1 aromatic heterocycles. The van der Waals surface area contributed by atoms with E-state index in [1.807, 2.05) is 48.5 Å². The van der Waals surface area contributed by atoms with Gasteiger partial charge >= 0.3 is 0 Å². The molecule has 0 unspecified atom stereocenters. The van der Waals surface area contributed by atoms with Crippen molar-refractivity contribution in [2.45, 2.75) is 32.6 Å². The Morgan fingerprint density at radius 3 is 2.19 bits per heavy atom. The first-order chi connectivity index (χ1) is 15.2. The van der Waals surface area contributed by atoms with Crippen LogP contribution in [-0.2, 0) is 0 Å². The van der Waals surface area contributed by atoms with Gasteiger partial charge in [0, 0.05) is 10.0 Å². The summed E-state index contributed by atoms with van der Waals surface area (Å²) in [5, 5.41) is 4.14. The van der Waals surface area contributed by atoms with Crippen LogP contribution in [0.2, 0.25) is 0 Å². The maximum absolute atomic E-state index is 5.84. The van der Waals surface area contributed by atoms with E-state index in [4.69, 9.17) is 9.26 Å². The minimum absolute atomic E-state index is 0.497. The van der Waals surface area contributed by atoms with Crippen molar-refractivity contribution >= 4 is 15.9 Å². The lowest BCUT2D eigenvalue weighted by atomic mass is 10.0. The molecule has 3 aromatic carbocycles. The van der Waals surface area contributed by atoms with E-state index in [1.165, 1.54) is 19.3 Å². The number of aromatic nitrogens is 2. The van der Waals surface area contributed by atoms with Gasteiger partial charge in [-0.15, -0.1) is 0 Å². The van der Waals surface area contributed by atoms with Crippen LogP contribution in [0, 0.1) is 0 Å². The second-order valence-corrected chi connectivity index (χ2v) is 8.27. The molecule has 0 saturated carbocycles. The minimum atomic E-state index is 0.497. The van der Waals surface area contributed by atoms with Gasteiger partial charge in [0.1, 0.15) is 5.75 Å². The summed E-state index contributed by atoms with van der Waals surface area (Å²) in [6.45, 7) is 3.00. The van der Waals surface area contributed by atoms with Crippen molar-refractivity contribution in [3.63, 3.8) is 0 Å². The molecule has 4 rings (SSSR count). The van der Waals surface area contributed by atoms with Gasteiger partial charge in [0.15, 0.2) is 0 Å². The number of benzene rings is 3. The fraction of sp³-hybridized carbons (Fsp3) is 0.231. The third-order valence-corrected chi connectivity index (χ3v) is 5.82. The van der Waals surface area contributed by atoms with Crippen molar-refractivity contribution in [3.05, 3.63) is 77.3 Å². The van der Waals surface area contributed by atoms with E-state index in [-0.39, 0.29) is 0 Å². The average molecular weight is 477 g/mol. The molecule has 0 atom stereocenters. The third-order valence-electron chi connectivity index (χ3n) is 5.13. The van der Waals surface area contributed by atoms with Crippen molar-refractivity contribution in [2.24, 2.45) is 0 Å². The second kappa shape index (κ2) is 10.4. The first-order valence-electron chi connectivity index (χ1n) is 10.7. The molecule has 0 bridgehead atoms. The molecule has 0 aliphatic heterocycles. The van der Waals surface area contributed by atoms with Crippen molar-refractivity contribution in [1.29, 1.82) is 0 Å². The number of hydrogen-bond donors (Lipinski definition) is 0. The normalized spacial score (nSPS) is 10.9. The number of halogens is 1. The Morgan fingerprint density at radius 2 is 1.48 bits per heavy atom. The number of nitrogens with zero attached hydrogens (tertiary/aromatic N) is 2. The van der Waals surface area contributed by atoms with Crippen molar-refractivity contribution in [3.8, 4) is 39.7 Å². The van der Waals surface area contributed by atoms with Crippen LogP contribution in [0.25, 0.3) is 34.0 Å². The fourth-order valence-electron chi connectivity index (χ4n) is 3.36. The zero-order valence-corrected chi connectivity index (χ0v) is 19.1. The predicted molar refractivity (Wildman–Crippen MR) is 128 cm³/mol. The van der Waals surface area contributed by atoms with Crippen LogP contribution in [0.1, 0.15) is 32.6 Å². The molecule has 4 aromatic rings. The van der Waals surface area contributed by atoms with E-state index in [1.54, 1.807) is 0 Å². The molecule has 0 amide bonds. The van der Waals surface area contributed by atoms with Crippen LogP contribution >= 0.6 is 15.9 Å². The van der Waals surface area contributed by atoms with Gasteiger partial charge in [-0.3, -0.25) is 0 Å². The third kappa shape index (κ3) is 5.42. The summed E-state index contributed by atoms with van der Waals surface area (Å²) in [7, 11) is 0. The van der Waals surface area contributed by atoms with E-state index in [9.17, 15) is 0 Å². The quantitative estimate of drug-likeness (QED) is 0.231. The van der Waals surface area contributed by atoms with Crippen LogP contribution in [0.5, 0.6) is 5.75 Å². The lowest BCUT2D eigenvalue weighted by Gasteiger charge is -2.07. The highest BCUT2D eigenvalue weighted by molar-refractivity contribution is 9.10. The van der Waals surface area contributed by atoms with Crippen molar-refractivity contribution in [1.82, 2.24) is 10.1 Å². The first kappa shape index (κ1) is 21.3. The molecule has 31 heavy (non-hydrogen) atoms. The summed E-state index contributed by atoms with van der Waals surface area (Å²) in [5.74, 6) is 1.99. The highest BCUT2D eigenvalue weighted by Gasteiger charge is 2.13. The molecular formula is C26H25BrN2O2. The summed E-state index contributed by atoms with van der Waals surface area (Å²) in [4.78, 5) is 4.55. The maximum Gasteiger partial charge on any atom is 0.259 e. The van der Waals surface area contributed by atoms with E-state index < -0.39 is 0 Å². The van der Waals surface area contributed by atoms with Gasteiger partial charge < -0.3 is 9.26 Å². The summed E-state index contributed by atoms with van der Waals surface area (Å²) >= 11 is 3.53. The Labute approximate surface area is 191 Å². The Kier molecular flexibility index (Phi) is 7.15. The summed E-state index contributed by atoms with van der Waals surface area (Å²) in [6.07, 6.45) is 4.85. The largest absolute Gasteiger partial charge is 0.494 e. The standard InChI is InChI=1S/C26H25BrN2O2/c1-2-3-4-7-18-30-22-16-14-20(15-17-22)19-10-12-21(13-11-19)25-28-26(31-29-25)23-8-5-6-9-24(23)27/h5-6,8-17H,2-4,7,18H2,1H3. The zero-order chi connectivity index (χ0) is 21.5. The maximum atomic E-state index is 5.84. The molecule has 158 valence electrons. The molecule has 0 N–H and O–H groups in total. The predicted octanol–water partition coefficient (Wildman–Crippen LogP) is 7.79. The highest BCUT2D eigenvalue weighted by Crippen LogP contribution is 2.29. The molecule has 1 heterocycles. The summed E-state index contributed by atoms with van der Waals surface area (Å²) in [5.41, 5.74) is 4.07. The van der Waals surface area contributed by atoms with Crippen LogP contribution in [0.4, 0.5) is 0 Å². The van der Waals surface area contributed by atoms with Crippen LogP contribution in [0.3, 0.4) is 0 Å². The van der Waals surface area contributed by atoms with Crippen molar-refractivity contribution in [2.75, 3.05) is 6.61 Å². The Balaban J connectivity index is 1.41. The van der Waals surface area contributed by atoms with Crippen LogP contribution < -0.4 is 4.74 Å². The molecule has 0 radical (unpaired) electrons. The molecule has 0 fully saturated rings. The van der Waals surface area contributed by atoms with Gasteiger partial charge in [-0.2, -0.15) is 4.98 Å². The van der Waals surface area contributed by atoms with Gasteiger partial charge in [-0.05, 0) is 57.7 Å². The van der Waals surface area contributed by atoms with Gasteiger partial charge in [-0.1, -0.05) is 79.9 Å². The van der Waals surface area contributed by atoms with Crippen molar-refractivity contribution < 1.29 is 9.26 Å². The molecule has 0 aliphatic rings. The number of ether oxygens (including phenoxy) is 1. The molecule has 0 aliphatic carbocycles. The Morgan fingerprint density at radius 1 is 0.806 bits per heavy atom. The molecular weight excluding hydrogens is 452 g/mol. The first-order valence-corrected chi connectivity index (χ1v) is 11.5. The Bertz CT molecular complexity index is 1100. The fourth-order valence-corrected chi connectivity index (χ4v) is 3.81. The van der Waals surface area contributed by atoms with Gasteiger partial charge in [-0.25, -0.2) is 0 Å². The van der Waals surface area contributed by atoms with Crippen LogP contribution in [0.15, 0.2) is 81.8 Å². The number of rotatable bonds is 9. The highest BCUT2D eigenvalue weighted by atomic mass is 79.9. The monoisotopic (exact) mass is 476 g/mol. The zero-order valence-electron chi connectivity index (χ0n) is 17.6. The average Bonchev–Trinajstić information content (AvgIpc) is 3.30. The van der Waals surface area contributed by atoms with E-state index in [0.29, 0.717) is 11.7 Å². The second-order valence-electron chi connectivity index (χ2n) is 7.41. The summed E-state index contributed by atoms with van der Waals surface area (Å²) < 4.78 is 12.2. The minimum Gasteiger partial charge on any atom is -0.494 e. The van der Waals surface area contributed by atoms with Crippen LogP contribution in [-0.4, -0.2) is 16.7 Å². The summed E-state index contributed by atoms with van der Waals surface area (Å²) in [6, 6.07) is 24.2. The van der Waals surface area contributed by atoms with Gasteiger partial charge in [0.05, 0.1) is 12.2 Å². The molecule has 0 saturated heterocycles. The van der Waals surface area contributed by atoms with E-state index in [2.05, 4.69) is 57.3 Å². The van der Waals surface area contributed by atoms with Gasteiger partial charge in [0.25, 0.3) is 5.89 Å². The van der Waals surface area contributed by atoms with E-state index >= 15 is 0 Å². The molecule has 5 heteroatoms. The lowest BCUT2D eigenvalue weighted by Crippen LogP contribution is -1.96. The number of hydrogen-bond acceptors (Lipinski definition) is 4. The molecule has 0 spiro atoms. The van der Waals surface area contributed by atoms with E-state index in [0.717, 1.165) is 45.5 Å². The topological polar surface area (TPSA) is 48.2 Å².